The van der Waals surface area contributed by atoms with Crippen molar-refractivity contribution in [3.63, 3.8) is 0 Å². The molecular formula is C25H19Cl2N3O6S. The third-order valence-electron chi connectivity index (χ3n) is 5.93. The van der Waals surface area contributed by atoms with Gasteiger partial charge < -0.3 is 24.3 Å². The number of nitrogens with one attached hydrogen (secondary N) is 1. The molecule has 2 N–H and O–H groups in total. The van der Waals surface area contributed by atoms with E-state index < -0.39 is 23.5 Å². The number of anilines is 1. The lowest BCUT2D eigenvalue weighted by Gasteiger charge is -2.21. The molecule has 1 unspecified atom stereocenters. The van der Waals surface area contributed by atoms with Crippen LogP contribution < -0.4 is 19.1 Å². The van der Waals surface area contributed by atoms with Gasteiger partial charge >= 0.3 is 5.91 Å². The Labute approximate surface area is 224 Å². The number of nitrogens with zero attached hydrogens (tertiary/aromatic N) is 2. The number of imidazole rings is 1. The molecule has 0 spiro atoms. The predicted molar refractivity (Wildman–Crippen MR) is 141 cm³/mol. The summed E-state index contributed by atoms with van der Waals surface area (Å²) in [5.74, 6) is -1.10. The second-order valence-corrected chi connectivity index (χ2v) is 9.76. The fourth-order valence-corrected chi connectivity index (χ4v) is 5.69. The molecule has 1 aliphatic heterocycles. The first-order chi connectivity index (χ1) is 17.8. The lowest BCUT2D eigenvalue weighted by atomic mass is 9.99. The monoisotopic (exact) mass is 559 g/mol. The number of ether oxygens (including phenoxy) is 3. The molecule has 1 saturated heterocycles. The number of carbonyl (C=O) groups is 2. The molecule has 1 aliphatic rings. The Morgan fingerprint density at radius 2 is 1.81 bits per heavy atom. The molecule has 37 heavy (non-hydrogen) atoms. The Bertz CT molecular complexity index is 1540. The van der Waals surface area contributed by atoms with Crippen LogP contribution in [-0.4, -0.2) is 48.1 Å². The number of benzene rings is 2. The Kier molecular flexibility index (Phi) is 6.49. The molecule has 190 valence electrons. The summed E-state index contributed by atoms with van der Waals surface area (Å²) in [5, 5.41) is 13.6. The number of halogens is 2. The Hall–Kier alpha value is -3.73. The lowest BCUT2D eigenvalue weighted by molar-refractivity contribution is -0.132. The van der Waals surface area contributed by atoms with Gasteiger partial charge in [0.15, 0.2) is 11.5 Å². The zero-order valence-corrected chi connectivity index (χ0v) is 22.0. The molecule has 0 radical (unpaired) electrons. The van der Waals surface area contributed by atoms with Gasteiger partial charge in [0.2, 0.25) is 5.95 Å². The number of hydrogen-bond donors (Lipinski definition) is 2. The summed E-state index contributed by atoms with van der Waals surface area (Å²) in [6, 6.07) is 8.77. The third kappa shape index (κ3) is 4.07. The van der Waals surface area contributed by atoms with Crippen molar-refractivity contribution in [2.75, 3.05) is 26.2 Å². The van der Waals surface area contributed by atoms with Crippen LogP contribution in [0.2, 0.25) is 10.0 Å². The van der Waals surface area contributed by atoms with Gasteiger partial charge in [-0.1, -0.05) is 29.3 Å². The summed E-state index contributed by atoms with van der Waals surface area (Å²) >= 11 is 13.8. The molecule has 4 aromatic rings. The molecule has 0 saturated carbocycles. The normalized spacial score (nSPS) is 17.0. The smallest absolute Gasteiger partial charge is 0.302 e. The first kappa shape index (κ1) is 24.9. The van der Waals surface area contributed by atoms with Crippen molar-refractivity contribution in [1.82, 2.24) is 9.97 Å². The maximum atomic E-state index is 13.4. The second-order valence-electron chi connectivity index (χ2n) is 7.94. The highest BCUT2D eigenvalue weighted by Crippen LogP contribution is 2.46. The maximum Gasteiger partial charge on any atom is 0.302 e. The average molecular weight is 560 g/mol. The Morgan fingerprint density at radius 3 is 2.46 bits per heavy atom. The largest absolute Gasteiger partial charge is 0.507 e. The van der Waals surface area contributed by atoms with Crippen LogP contribution in [0.4, 0.5) is 5.95 Å². The third-order valence-corrected chi connectivity index (χ3v) is 7.35. The summed E-state index contributed by atoms with van der Waals surface area (Å²) < 4.78 is 16.1. The standard InChI is InChI=1S/C25H19Cl2N3O6S/c1-34-16-9-14-15(10-17(16)35-2)29-25(28-14)30-20(18-5-4-6-37-18)19(22(32)24(30)33)21(31)12-7-11(26)8-13(27)23(12)36-3/h4-10,20,31H,1-3H3,(H,28,29)/b21-19+. The molecule has 9 nitrogen and oxygen atoms in total. The van der Waals surface area contributed by atoms with Gasteiger partial charge in [-0.05, 0) is 23.6 Å². The molecular weight excluding hydrogens is 541 g/mol. The summed E-state index contributed by atoms with van der Waals surface area (Å²) in [6.45, 7) is 0. The molecule has 1 amide bonds. The minimum Gasteiger partial charge on any atom is -0.507 e. The first-order valence-electron chi connectivity index (χ1n) is 10.8. The zero-order chi connectivity index (χ0) is 26.4. The van der Waals surface area contributed by atoms with Gasteiger partial charge in [-0.25, -0.2) is 4.98 Å². The number of hydrogen-bond acceptors (Lipinski definition) is 8. The Balaban J connectivity index is 1.73. The van der Waals surface area contributed by atoms with E-state index in [0.717, 1.165) is 0 Å². The van der Waals surface area contributed by atoms with Crippen LogP contribution in [0.3, 0.4) is 0 Å². The van der Waals surface area contributed by atoms with E-state index in [0.29, 0.717) is 27.4 Å². The van der Waals surface area contributed by atoms with E-state index in [1.54, 1.807) is 29.6 Å². The number of aliphatic hydroxyl groups is 1. The minimum atomic E-state index is -0.980. The molecule has 1 atom stereocenters. The van der Waals surface area contributed by atoms with Gasteiger partial charge in [0.1, 0.15) is 17.6 Å². The quantitative estimate of drug-likeness (QED) is 0.180. The van der Waals surface area contributed by atoms with E-state index in [1.165, 1.54) is 49.7 Å². The van der Waals surface area contributed by atoms with Crippen molar-refractivity contribution in [1.29, 1.82) is 0 Å². The van der Waals surface area contributed by atoms with Crippen LogP contribution in [0, 0.1) is 0 Å². The highest BCUT2D eigenvalue weighted by Gasteiger charge is 2.49. The van der Waals surface area contributed by atoms with Crippen LogP contribution in [0.25, 0.3) is 16.8 Å². The number of amides is 1. The van der Waals surface area contributed by atoms with Gasteiger partial charge in [0.05, 0.1) is 48.5 Å². The molecule has 5 rings (SSSR count). The summed E-state index contributed by atoms with van der Waals surface area (Å²) in [6.07, 6.45) is 0. The van der Waals surface area contributed by atoms with Crippen molar-refractivity contribution in [2.24, 2.45) is 0 Å². The van der Waals surface area contributed by atoms with Crippen LogP contribution in [0.5, 0.6) is 17.2 Å². The minimum absolute atomic E-state index is 0.0821. The van der Waals surface area contributed by atoms with Gasteiger partial charge in [-0.15, -0.1) is 11.3 Å². The molecule has 3 heterocycles. The summed E-state index contributed by atoms with van der Waals surface area (Å²) in [4.78, 5) is 36.3. The van der Waals surface area contributed by atoms with Crippen molar-refractivity contribution in [3.05, 3.63) is 67.8 Å². The van der Waals surface area contributed by atoms with E-state index in [4.69, 9.17) is 37.4 Å². The number of aromatic nitrogens is 2. The molecule has 0 aliphatic carbocycles. The summed E-state index contributed by atoms with van der Waals surface area (Å²) in [7, 11) is 4.38. The maximum absolute atomic E-state index is 13.4. The van der Waals surface area contributed by atoms with Crippen LogP contribution in [0.1, 0.15) is 16.5 Å². The number of aliphatic hydroxyl groups excluding tert-OH is 1. The van der Waals surface area contributed by atoms with Gasteiger partial charge in [-0.3, -0.25) is 14.5 Å². The van der Waals surface area contributed by atoms with E-state index in [2.05, 4.69) is 9.97 Å². The van der Waals surface area contributed by atoms with E-state index in [-0.39, 0.29) is 32.9 Å². The van der Waals surface area contributed by atoms with E-state index in [1.807, 2.05) is 0 Å². The Morgan fingerprint density at radius 1 is 1.08 bits per heavy atom. The number of rotatable bonds is 6. The molecule has 2 aromatic carbocycles. The number of methoxy groups -OCH3 is 3. The van der Waals surface area contributed by atoms with Crippen molar-refractivity contribution < 1.29 is 28.9 Å². The van der Waals surface area contributed by atoms with Crippen molar-refractivity contribution in [2.45, 2.75) is 6.04 Å². The second kappa shape index (κ2) is 9.62. The molecule has 1 fully saturated rings. The van der Waals surface area contributed by atoms with E-state index in [9.17, 15) is 14.7 Å². The van der Waals surface area contributed by atoms with Gasteiger partial charge in [-0.2, -0.15) is 0 Å². The fourth-order valence-electron chi connectivity index (χ4n) is 4.29. The predicted octanol–water partition coefficient (Wildman–Crippen LogP) is 5.58. The summed E-state index contributed by atoms with van der Waals surface area (Å²) in [5.41, 5.74) is 0.976. The van der Waals surface area contributed by atoms with E-state index >= 15 is 0 Å². The fraction of sp³-hybridized carbons (Fsp3) is 0.160. The average Bonchev–Trinajstić information content (AvgIpc) is 3.60. The highest BCUT2D eigenvalue weighted by molar-refractivity contribution is 7.10. The van der Waals surface area contributed by atoms with Crippen LogP contribution >= 0.6 is 34.5 Å². The van der Waals surface area contributed by atoms with Crippen molar-refractivity contribution >= 4 is 69.0 Å². The molecule has 12 heteroatoms. The SMILES string of the molecule is COc1cc2nc(N3C(=O)C(=O)/C(=C(/O)c4cc(Cl)cc(Cl)c4OC)C3c3cccs3)[nH]c2cc1OC. The number of aromatic amines is 1. The number of Topliss-reactive ketones (excluding diaryl/α,β-unsaturated/α-hetero) is 1. The number of thiophene rings is 1. The number of H-pyrrole nitrogens is 1. The van der Waals surface area contributed by atoms with Crippen LogP contribution in [0.15, 0.2) is 47.4 Å². The number of fused-ring (bicyclic) bond motifs is 1. The van der Waals surface area contributed by atoms with Gasteiger partial charge in [0.25, 0.3) is 5.78 Å². The molecule has 2 aromatic heterocycles. The van der Waals surface area contributed by atoms with Crippen LogP contribution in [-0.2, 0) is 9.59 Å². The van der Waals surface area contributed by atoms with Crippen molar-refractivity contribution in [3.8, 4) is 17.2 Å². The first-order valence-corrected chi connectivity index (χ1v) is 12.4. The molecule has 0 bridgehead atoms. The van der Waals surface area contributed by atoms with Gasteiger partial charge in [0, 0.05) is 22.0 Å². The number of ketones is 1. The zero-order valence-electron chi connectivity index (χ0n) is 19.7. The lowest BCUT2D eigenvalue weighted by Crippen LogP contribution is -2.30. The number of carbonyl (C=O) groups excluding carboxylic acids is 2. The highest BCUT2D eigenvalue weighted by atomic mass is 35.5. The topological polar surface area (TPSA) is 114 Å².